The summed E-state index contributed by atoms with van der Waals surface area (Å²) in [6.07, 6.45) is 4.88. The van der Waals surface area contributed by atoms with E-state index in [-0.39, 0.29) is 0 Å². The smallest absolute Gasteiger partial charge is 0.0620 e. The highest BCUT2D eigenvalue weighted by Crippen LogP contribution is 2.37. The molecule has 0 amide bonds. The molecule has 0 saturated heterocycles. The van der Waals surface area contributed by atoms with Gasteiger partial charge < -0.3 is 0 Å². The molecule has 0 fully saturated rings. The monoisotopic (exact) mass is 538 g/mol. The van der Waals surface area contributed by atoms with Gasteiger partial charge in [0.05, 0.1) is 15.2 Å². The van der Waals surface area contributed by atoms with Crippen LogP contribution in [-0.2, 0) is 0 Å². The maximum absolute atomic E-state index is 2.73. The van der Waals surface area contributed by atoms with E-state index in [4.69, 9.17) is 0 Å². The first-order chi connectivity index (χ1) is 16.8. The van der Waals surface area contributed by atoms with Crippen LogP contribution in [0.4, 0.5) is 0 Å². The van der Waals surface area contributed by atoms with Gasteiger partial charge in [0, 0.05) is 14.2 Å². The second kappa shape index (κ2) is 9.90. The third kappa shape index (κ3) is 5.10. The zero-order chi connectivity index (χ0) is 26.2. The van der Waals surface area contributed by atoms with Crippen LogP contribution in [0.15, 0.2) is 96.3 Å². The Labute approximate surface area is 222 Å². The molecule has 0 aliphatic rings. The van der Waals surface area contributed by atoms with Crippen LogP contribution in [0.25, 0.3) is 33.7 Å². The van der Waals surface area contributed by atoms with Crippen molar-refractivity contribution in [2.75, 3.05) is 0 Å². The minimum atomic E-state index is -1.55. The van der Waals surface area contributed by atoms with Gasteiger partial charge in [-0.1, -0.05) is 149 Å². The standard InChI is InChI=1S/C32H42Si4/c1-33(2,23-21-27-17-19-29-13-9-11-15-31(29)25-27)35(5,6)36(7,8)34(3,4)24-22-28-18-20-30-14-10-12-16-32(30)26-28/h9-26H,1-8H3/b23-21+,24-22+. The summed E-state index contributed by atoms with van der Waals surface area (Å²) in [7, 11) is -6.06. The highest BCUT2D eigenvalue weighted by molar-refractivity contribution is 7.84. The average Bonchev–Trinajstić information content (AvgIpc) is 2.85. The van der Waals surface area contributed by atoms with Crippen LogP contribution in [0.3, 0.4) is 0 Å². The number of hydrogen-bond acceptors (Lipinski definition) is 0. The molecule has 0 unspecified atom stereocenters. The van der Waals surface area contributed by atoms with Crippen molar-refractivity contribution in [3.63, 3.8) is 0 Å². The summed E-state index contributed by atoms with van der Waals surface area (Å²) < 4.78 is 0. The van der Waals surface area contributed by atoms with Crippen LogP contribution in [0.1, 0.15) is 11.1 Å². The largest absolute Gasteiger partial charge is 0.0967 e. The first-order valence-electron chi connectivity index (χ1n) is 13.2. The summed E-state index contributed by atoms with van der Waals surface area (Å²) in [6.45, 7) is 21.5. The topological polar surface area (TPSA) is 0 Å². The predicted octanol–water partition coefficient (Wildman–Crippen LogP) is 9.87. The summed E-state index contributed by atoms with van der Waals surface area (Å²) in [5.74, 6) is 0. The summed E-state index contributed by atoms with van der Waals surface area (Å²) in [4.78, 5) is 0. The molecule has 0 nitrogen and oxygen atoms in total. The summed E-state index contributed by atoms with van der Waals surface area (Å²) in [5, 5.41) is 5.30. The van der Waals surface area contributed by atoms with Crippen LogP contribution in [0, 0.1) is 0 Å². The molecule has 4 rings (SSSR count). The summed E-state index contributed by atoms with van der Waals surface area (Å²) >= 11 is 0. The van der Waals surface area contributed by atoms with Crippen molar-refractivity contribution < 1.29 is 0 Å². The van der Waals surface area contributed by atoms with Crippen molar-refractivity contribution >= 4 is 63.1 Å². The molecule has 4 aromatic carbocycles. The highest BCUT2D eigenvalue weighted by Gasteiger charge is 2.57. The quantitative estimate of drug-likeness (QED) is 0.205. The van der Waals surface area contributed by atoms with Gasteiger partial charge in [0.25, 0.3) is 0 Å². The van der Waals surface area contributed by atoms with Gasteiger partial charge in [0.1, 0.15) is 0 Å². The van der Waals surface area contributed by atoms with Crippen molar-refractivity contribution in [1.82, 2.24) is 0 Å². The lowest BCUT2D eigenvalue weighted by molar-refractivity contribution is 1.70. The van der Waals surface area contributed by atoms with E-state index in [9.17, 15) is 0 Å². The molecule has 0 aliphatic heterocycles. The Balaban J connectivity index is 1.59. The van der Waals surface area contributed by atoms with Crippen molar-refractivity contribution in [1.29, 1.82) is 0 Å². The van der Waals surface area contributed by atoms with Crippen molar-refractivity contribution in [3.05, 3.63) is 107 Å². The zero-order valence-corrected chi connectivity index (χ0v) is 27.4. The first kappa shape index (κ1) is 26.8. The Morgan fingerprint density at radius 1 is 0.417 bits per heavy atom. The predicted molar refractivity (Wildman–Crippen MR) is 176 cm³/mol. The van der Waals surface area contributed by atoms with Crippen molar-refractivity contribution in [3.8, 4) is 0 Å². The van der Waals surface area contributed by atoms with Gasteiger partial charge in [0.2, 0.25) is 0 Å². The molecule has 0 heterocycles. The van der Waals surface area contributed by atoms with Gasteiger partial charge in [-0.3, -0.25) is 0 Å². The average molecular weight is 539 g/mol. The molecule has 4 heteroatoms. The van der Waals surface area contributed by atoms with Gasteiger partial charge in [-0.25, -0.2) is 0 Å². The lowest BCUT2D eigenvalue weighted by Gasteiger charge is -2.53. The molecular weight excluding hydrogens is 497 g/mol. The van der Waals surface area contributed by atoms with E-state index >= 15 is 0 Å². The fourth-order valence-electron chi connectivity index (χ4n) is 5.26. The molecule has 0 aliphatic carbocycles. The van der Waals surface area contributed by atoms with Crippen LogP contribution < -0.4 is 0 Å². The Morgan fingerprint density at radius 3 is 1.11 bits per heavy atom. The number of hydrogen-bond donors (Lipinski definition) is 0. The molecule has 4 aromatic rings. The van der Waals surface area contributed by atoms with Gasteiger partial charge in [0.15, 0.2) is 0 Å². The fourth-order valence-corrected chi connectivity index (χ4v) is 71.1. The maximum atomic E-state index is 2.73. The van der Waals surface area contributed by atoms with Gasteiger partial charge >= 0.3 is 0 Å². The van der Waals surface area contributed by atoms with Crippen molar-refractivity contribution in [2.45, 2.75) is 52.4 Å². The summed E-state index contributed by atoms with van der Waals surface area (Å²) in [6, 6.07) is 31.1. The molecule has 0 radical (unpaired) electrons. The summed E-state index contributed by atoms with van der Waals surface area (Å²) in [5.41, 5.74) is 8.03. The van der Waals surface area contributed by atoms with E-state index in [1.165, 1.54) is 32.7 Å². The van der Waals surface area contributed by atoms with E-state index in [0.29, 0.717) is 0 Å². The van der Waals surface area contributed by atoms with Crippen LogP contribution in [-0.4, -0.2) is 29.4 Å². The minimum absolute atomic E-state index is 1.32. The molecule has 0 atom stereocenters. The zero-order valence-electron chi connectivity index (χ0n) is 23.4. The minimum Gasteiger partial charge on any atom is -0.0967 e. The van der Waals surface area contributed by atoms with E-state index in [0.717, 1.165) is 0 Å². The second-order valence-electron chi connectivity index (χ2n) is 12.6. The lowest BCUT2D eigenvalue weighted by atomic mass is 10.1. The molecule has 0 aromatic heterocycles. The highest BCUT2D eigenvalue weighted by atomic mass is 29.8. The Kier molecular flexibility index (Phi) is 7.37. The number of fused-ring (bicyclic) bond motifs is 2. The molecule has 0 bridgehead atoms. The van der Waals surface area contributed by atoms with Gasteiger partial charge in [-0.05, 0) is 44.8 Å². The normalized spacial score (nSPS) is 13.9. The Hall–Kier alpha value is -2.25. The molecule has 0 saturated carbocycles. The Morgan fingerprint density at radius 2 is 0.750 bits per heavy atom. The third-order valence-corrected chi connectivity index (χ3v) is 76.1. The van der Waals surface area contributed by atoms with Crippen LogP contribution in [0.2, 0.25) is 52.4 Å². The second-order valence-corrected chi connectivity index (χ2v) is 52.4. The molecule has 0 N–H and O–H groups in total. The number of benzene rings is 4. The van der Waals surface area contributed by atoms with E-state index in [2.05, 4.69) is 161 Å². The van der Waals surface area contributed by atoms with Gasteiger partial charge in [-0.15, -0.1) is 0 Å². The third-order valence-electron chi connectivity index (χ3n) is 9.72. The number of rotatable bonds is 7. The van der Waals surface area contributed by atoms with Gasteiger partial charge in [-0.2, -0.15) is 0 Å². The molecular formula is C32H42Si4. The van der Waals surface area contributed by atoms with E-state index < -0.39 is 29.4 Å². The fraction of sp³-hybridized carbons (Fsp3) is 0.250. The molecule has 186 valence electrons. The SMILES string of the molecule is C[Si](C)(/C=C/c1ccc2ccccc2c1)[Si](C)(C)[Si](C)(C)[Si](C)(C)/C=C/c1ccc2ccccc2c1. The van der Waals surface area contributed by atoms with Crippen LogP contribution in [0.5, 0.6) is 0 Å². The van der Waals surface area contributed by atoms with E-state index in [1.807, 2.05) is 0 Å². The molecule has 0 spiro atoms. The van der Waals surface area contributed by atoms with E-state index in [1.54, 1.807) is 0 Å². The van der Waals surface area contributed by atoms with Crippen LogP contribution >= 0.6 is 0 Å². The lowest BCUT2D eigenvalue weighted by Crippen LogP contribution is -2.78. The molecule has 36 heavy (non-hydrogen) atoms. The van der Waals surface area contributed by atoms with Crippen molar-refractivity contribution in [2.24, 2.45) is 0 Å². The first-order valence-corrected chi connectivity index (χ1v) is 28.4. The Bertz CT molecular complexity index is 1330. The maximum Gasteiger partial charge on any atom is 0.0620 e.